The lowest BCUT2D eigenvalue weighted by Gasteiger charge is -2.20. The molecule has 31 heavy (non-hydrogen) atoms. The Morgan fingerprint density at radius 3 is 2.61 bits per heavy atom. The Balaban J connectivity index is 1.51. The van der Waals surface area contributed by atoms with Gasteiger partial charge in [-0.15, -0.1) is 11.8 Å². The number of anilines is 1. The van der Waals surface area contributed by atoms with Gasteiger partial charge in [-0.1, -0.05) is 35.6 Å². The Morgan fingerprint density at radius 1 is 1.06 bits per heavy atom. The Bertz CT molecular complexity index is 1160. The zero-order chi connectivity index (χ0) is 21.6. The van der Waals surface area contributed by atoms with Crippen molar-refractivity contribution in [3.05, 3.63) is 83.7 Å². The first-order valence-electron chi connectivity index (χ1n) is 10.3. The number of aromatic nitrogens is 2. The second-order valence-electron chi connectivity index (χ2n) is 7.53. The molecule has 0 fully saturated rings. The predicted octanol–water partition coefficient (Wildman–Crippen LogP) is 6.41. The Kier molecular flexibility index (Phi) is 6.99. The van der Waals surface area contributed by atoms with Gasteiger partial charge in [0, 0.05) is 23.7 Å². The summed E-state index contributed by atoms with van der Waals surface area (Å²) < 4.78 is 1.12. The molecule has 4 rings (SSSR count). The van der Waals surface area contributed by atoms with Gasteiger partial charge in [0.25, 0.3) is 0 Å². The zero-order valence-electron chi connectivity index (χ0n) is 17.7. The van der Waals surface area contributed by atoms with Crippen LogP contribution in [0.3, 0.4) is 0 Å². The molecule has 4 nitrogen and oxygen atoms in total. The zero-order valence-corrected chi connectivity index (χ0v) is 19.4. The largest absolute Gasteiger partial charge is 0.284 e. The number of rotatable bonds is 8. The van der Waals surface area contributed by atoms with Crippen LogP contribution in [-0.4, -0.2) is 21.6 Å². The summed E-state index contributed by atoms with van der Waals surface area (Å²) in [7, 11) is 0. The van der Waals surface area contributed by atoms with Crippen LogP contribution in [0.4, 0.5) is 5.13 Å². The number of benzene rings is 2. The molecule has 0 N–H and O–H groups in total. The van der Waals surface area contributed by atoms with Gasteiger partial charge in [0.2, 0.25) is 5.91 Å². The summed E-state index contributed by atoms with van der Waals surface area (Å²) in [6.45, 7) is 4.68. The second-order valence-corrected chi connectivity index (χ2v) is 9.70. The van der Waals surface area contributed by atoms with Crippen molar-refractivity contribution in [3.8, 4) is 0 Å². The SMILES string of the molecule is Cc1cc(C)c2nc(N(Cc3ccncc3)C(=O)CCCSc3ccccc3)sc2c1. The summed E-state index contributed by atoms with van der Waals surface area (Å²) in [5.74, 6) is 1.02. The van der Waals surface area contributed by atoms with E-state index >= 15 is 0 Å². The Labute approximate surface area is 191 Å². The molecule has 0 spiro atoms. The van der Waals surface area contributed by atoms with Gasteiger partial charge in [-0.2, -0.15) is 0 Å². The number of nitrogens with zero attached hydrogens (tertiary/aromatic N) is 3. The van der Waals surface area contributed by atoms with Crippen molar-refractivity contribution in [1.82, 2.24) is 9.97 Å². The van der Waals surface area contributed by atoms with Crippen LogP contribution in [0, 0.1) is 13.8 Å². The number of amides is 1. The van der Waals surface area contributed by atoms with Crippen LogP contribution < -0.4 is 4.90 Å². The molecule has 0 aliphatic heterocycles. The quantitative estimate of drug-likeness (QED) is 0.231. The fraction of sp³-hybridized carbons (Fsp3) is 0.240. The smallest absolute Gasteiger partial charge is 0.229 e. The third kappa shape index (κ3) is 5.51. The molecule has 0 atom stereocenters. The van der Waals surface area contributed by atoms with Gasteiger partial charge in [0.15, 0.2) is 5.13 Å². The van der Waals surface area contributed by atoms with Crippen LogP contribution in [0.15, 0.2) is 71.9 Å². The van der Waals surface area contributed by atoms with Gasteiger partial charge in [-0.3, -0.25) is 14.7 Å². The summed E-state index contributed by atoms with van der Waals surface area (Å²) in [6.07, 6.45) is 4.85. The average Bonchev–Trinajstić information content (AvgIpc) is 3.20. The maximum atomic E-state index is 13.3. The molecule has 1 amide bonds. The molecule has 2 aromatic heterocycles. The molecule has 2 aromatic carbocycles. The number of carbonyl (C=O) groups excluding carboxylic acids is 1. The monoisotopic (exact) mass is 447 g/mol. The lowest BCUT2D eigenvalue weighted by molar-refractivity contribution is -0.118. The van der Waals surface area contributed by atoms with Gasteiger partial charge in [-0.25, -0.2) is 4.98 Å². The topological polar surface area (TPSA) is 46.1 Å². The lowest BCUT2D eigenvalue weighted by Crippen LogP contribution is -2.30. The number of pyridine rings is 1. The van der Waals surface area contributed by atoms with E-state index in [1.165, 1.54) is 10.5 Å². The van der Waals surface area contributed by atoms with Crippen LogP contribution in [0.5, 0.6) is 0 Å². The Morgan fingerprint density at radius 2 is 1.84 bits per heavy atom. The number of carbonyl (C=O) groups is 1. The maximum Gasteiger partial charge on any atom is 0.229 e. The van der Waals surface area contributed by atoms with Crippen molar-refractivity contribution in [1.29, 1.82) is 0 Å². The summed E-state index contributed by atoms with van der Waals surface area (Å²) in [5, 5.41) is 0.765. The molecule has 4 aromatic rings. The van der Waals surface area contributed by atoms with Crippen molar-refractivity contribution in [3.63, 3.8) is 0 Å². The number of thiazole rings is 1. The van der Waals surface area contributed by atoms with E-state index in [1.807, 2.05) is 35.2 Å². The van der Waals surface area contributed by atoms with Crippen LogP contribution in [0.25, 0.3) is 10.2 Å². The minimum atomic E-state index is 0.110. The molecule has 158 valence electrons. The number of aryl methyl sites for hydroxylation is 2. The number of thioether (sulfide) groups is 1. The Hall–Kier alpha value is -2.70. The molecule has 0 radical (unpaired) electrons. The first kappa shape index (κ1) is 21.5. The van der Waals surface area contributed by atoms with Gasteiger partial charge in [0.05, 0.1) is 16.8 Å². The minimum absolute atomic E-state index is 0.110. The standard InChI is InChI=1S/C25H25N3OS2/c1-18-15-19(2)24-22(16-18)31-25(27-24)28(17-20-10-12-26-13-11-20)23(29)9-6-14-30-21-7-4-3-5-8-21/h3-5,7-8,10-13,15-16H,6,9,14,17H2,1-2H3. The molecule has 0 aliphatic rings. The van der Waals surface area contributed by atoms with Gasteiger partial charge in [0.1, 0.15) is 0 Å². The highest BCUT2D eigenvalue weighted by Crippen LogP contribution is 2.33. The highest BCUT2D eigenvalue weighted by atomic mass is 32.2. The highest BCUT2D eigenvalue weighted by molar-refractivity contribution is 7.99. The van der Waals surface area contributed by atoms with E-state index in [9.17, 15) is 4.79 Å². The summed E-state index contributed by atoms with van der Waals surface area (Å²) in [4.78, 5) is 25.3. The first-order valence-corrected chi connectivity index (χ1v) is 12.2. The number of hydrogen-bond acceptors (Lipinski definition) is 5. The van der Waals surface area contributed by atoms with Gasteiger partial charge in [-0.05, 0) is 73.0 Å². The molecule has 0 aliphatic carbocycles. The van der Waals surface area contributed by atoms with E-state index in [0.29, 0.717) is 13.0 Å². The van der Waals surface area contributed by atoms with Crippen molar-refractivity contribution in [2.75, 3.05) is 10.7 Å². The summed E-state index contributed by atoms with van der Waals surface area (Å²) in [6, 6.07) is 18.5. The van der Waals surface area contributed by atoms with Gasteiger partial charge >= 0.3 is 0 Å². The maximum absolute atomic E-state index is 13.3. The van der Waals surface area contributed by atoms with Crippen molar-refractivity contribution >= 4 is 44.4 Å². The van der Waals surface area contributed by atoms with Gasteiger partial charge < -0.3 is 0 Å². The minimum Gasteiger partial charge on any atom is -0.284 e. The third-order valence-corrected chi connectivity index (χ3v) is 7.11. The predicted molar refractivity (Wildman–Crippen MR) is 131 cm³/mol. The highest BCUT2D eigenvalue weighted by Gasteiger charge is 2.20. The molecular formula is C25H25N3OS2. The molecule has 0 saturated carbocycles. The molecule has 6 heteroatoms. The number of fused-ring (bicyclic) bond motifs is 1. The van der Waals surface area contributed by atoms with Crippen molar-refractivity contribution in [2.24, 2.45) is 0 Å². The first-order chi connectivity index (χ1) is 15.1. The van der Waals surface area contributed by atoms with Crippen LogP contribution in [0.1, 0.15) is 29.5 Å². The van der Waals surface area contributed by atoms with Crippen LogP contribution in [-0.2, 0) is 11.3 Å². The third-order valence-electron chi connectivity index (χ3n) is 4.99. The van der Waals surface area contributed by atoms with Crippen LogP contribution in [0.2, 0.25) is 0 Å². The molecular weight excluding hydrogens is 422 g/mol. The van der Waals surface area contributed by atoms with E-state index in [1.54, 1.807) is 35.5 Å². The normalized spacial score (nSPS) is 11.0. The van der Waals surface area contributed by atoms with E-state index in [-0.39, 0.29) is 5.91 Å². The van der Waals surface area contributed by atoms with E-state index in [4.69, 9.17) is 4.98 Å². The average molecular weight is 448 g/mol. The number of hydrogen-bond donors (Lipinski definition) is 0. The molecule has 2 heterocycles. The van der Waals surface area contributed by atoms with E-state index in [0.717, 1.165) is 38.6 Å². The van der Waals surface area contributed by atoms with Crippen LogP contribution >= 0.6 is 23.1 Å². The molecule has 0 saturated heterocycles. The molecule has 0 bridgehead atoms. The fourth-order valence-corrected chi connectivity index (χ4v) is 5.50. The second kappa shape index (κ2) is 10.1. The fourth-order valence-electron chi connectivity index (χ4n) is 3.47. The lowest BCUT2D eigenvalue weighted by atomic mass is 10.1. The van der Waals surface area contributed by atoms with Crippen molar-refractivity contribution in [2.45, 2.75) is 38.1 Å². The van der Waals surface area contributed by atoms with Crippen molar-refractivity contribution < 1.29 is 4.79 Å². The summed E-state index contributed by atoms with van der Waals surface area (Å²) in [5.41, 5.74) is 4.39. The summed E-state index contributed by atoms with van der Waals surface area (Å²) >= 11 is 3.38. The molecule has 0 unspecified atom stereocenters. The van der Waals surface area contributed by atoms with E-state index in [2.05, 4.69) is 43.1 Å². The van der Waals surface area contributed by atoms with E-state index < -0.39 is 0 Å².